The van der Waals surface area contributed by atoms with Crippen LogP contribution in [0.2, 0.25) is 0 Å². The SMILES string of the molecule is CCC(Oc1ccc(C)cc1[C@H](C)N)C(=O)O. The van der Waals surface area contributed by atoms with E-state index in [1.54, 1.807) is 13.0 Å². The highest BCUT2D eigenvalue weighted by Crippen LogP contribution is 2.26. The number of aryl methyl sites for hydroxylation is 1. The Morgan fingerprint density at radius 1 is 1.53 bits per heavy atom. The standard InChI is InChI=1S/C13H19NO3/c1-4-11(13(15)16)17-12-6-5-8(2)7-10(12)9(3)14/h5-7,9,11H,4,14H2,1-3H3,(H,15,16)/t9-,11?/m0/s1. The summed E-state index contributed by atoms with van der Waals surface area (Å²) < 4.78 is 5.49. The molecule has 0 bridgehead atoms. The average Bonchev–Trinajstić information content (AvgIpc) is 2.26. The highest BCUT2D eigenvalue weighted by Gasteiger charge is 2.19. The summed E-state index contributed by atoms with van der Waals surface area (Å²) in [6.45, 7) is 5.59. The number of ether oxygens (including phenoxy) is 1. The van der Waals surface area contributed by atoms with Crippen molar-refractivity contribution in [3.63, 3.8) is 0 Å². The first-order chi connectivity index (χ1) is 7.95. The average molecular weight is 237 g/mol. The number of carbonyl (C=O) groups is 1. The largest absolute Gasteiger partial charge is 0.479 e. The minimum absolute atomic E-state index is 0.184. The van der Waals surface area contributed by atoms with Gasteiger partial charge >= 0.3 is 5.97 Å². The predicted molar refractivity (Wildman–Crippen MR) is 66.1 cm³/mol. The van der Waals surface area contributed by atoms with Gasteiger partial charge < -0.3 is 15.6 Å². The zero-order chi connectivity index (χ0) is 13.0. The third-order valence-corrected chi connectivity index (χ3v) is 2.57. The van der Waals surface area contributed by atoms with E-state index in [0.29, 0.717) is 12.2 Å². The Bertz CT molecular complexity index is 402. The van der Waals surface area contributed by atoms with Crippen molar-refractivity contribution < 1.29 is 14.6 Å². The van der Waals surface area contributed by atoms with Crippen LogP contribution < -0.4 is 10.5 Å². The van der Waals surface area contributed by atoms with E-state index >= 15 is 0 Å². The van der Waals surface area contributed by atoms with Gasteiger partial charge in [0.1, 0.15) is 5.75 Å². The molecule has 0 saturated carbocycles. The van der Waals surface area contributed by atoms with Crippen LogP contribution in [0.4, 0.5) is 0 Å². The van der Waals surface area contributed by atoms with Crippen LogP contribution in [0.1, 0.15) is 37.4 Å². The van der Waals surface area contributed by atoms with Crippen LogP contribution in [-0.2, 0) is 4.79 Å². The summed E-state index contributed by atoms with van der Waals surface area (Å²) in [7, 11) is 0. The highest BCUT2D eigenvalue weighted by atomic mass is 16.5. The minimum atomic E-state index is -0.955. The van der Waals surface area contributed by atoms with E-state index in [1.807, 2.05) is 26.0 Å². The summed E-state index contributed by atoms with van der Waals surface area (Å²) in [5, 5.41) is 8.96. The van der Waals surface area contributed by atoms with Gasteiger partial charge in [0.2, 0.25) is 0 Å². The summed E-state index contributed by atoms with van der Waals surface area (Å²) in [4.78, 5) is 10.9. The van der Waals surface area contributed by atoms with Crippen molar-refractivity contribution in [2.45, 2.75) is 39.3 Å². The van der Waals surface area contributed by atoms with Gasteiger partial charge in [-0.25, -0.2) is 4.79 Å². The number of nitrogens with two attached hydrogens (primary N) is 1. The van der Waals surface area contributed by atoms with Gasteiger partial charge in [-0.15, -0.1) is 0 Å². The molecule has 0 saturated heterocycles. The molecule has 0 spiro atoms. The Morgan fingerprint density at radius 2 is 2.18 bits per heavy atom. The van der Waals surface area contributed by atoms with Crippen LogP contribution in [-0.4, -0.2) is 17.2 Å². The van der Waals surface area contributed by atoms with Gasteiger partial charge in [0.25, 0.3) is 0 Å². The Morgan fingerprint density at radius 3 is 2.65 bits per heavy atom. The molecule has 0 aliphatic rings. The second-order valence-corrected chi connectivity index (χ2v) is 4.18. The molecule has 4 nitrogen and oxygen atoms in total. The van der Waals surface area contributed by atoms with E-state index in [9.17, 15) is 4.79 Å². The van der Waals surface area contributed by atoms with Crippen molar-refractivity contribution in [3.8, 4) is 5.75 Å². The van der Waals surface area contributed by atoms with Crippen molar-refractivity contribution in [3.05, 3.63) is 29.3 Å². The van der Waals surface area contributed by atoms with Gasteiger partial charge in [0.05, 0.1) is 0 Å². The molecule has 1 aromatic carbocycles. The zero-order valence-corrected chi connectivity index (χ0v) is 10.4. The molecule has 0 radical (unpaired) electrons. The van der Waals surface area contributed by atoms with E-state index in [-0.39, 0.29) is 6.04 Å². The number of rotatable bonds is 5. The maximum Gasteiger partial charge on any atom is 0.344 e. The summed E-state index contributed by atoms with van der Waals surface area (Å²) in [6, 6.07) is 5.40. The topological polar surface area (TPSA) is 72.5 Å². The number of benzene rings is 1. The molecule has 0 aromatic heterocycles. The first kappa shape index (κ1) is 13.5. The summed E-state index contributed by atoms with van der Waals surface area (Å²) in [6.07, 6.45) is -0.406. The number of carboxylic acids is 1. The smallest absolute Gasteiger partial charge is 0.344 e. The predicted octanol–water partition coefficient (Wildman–Crippen LogP) is 2.26. The molecule has 0 aliphatic carbocycles. The number of aliphatic carboxylic acids is 1. The molecule has 1 rings (SSSR count). The van der Waals surface area contributed by atoms with Crippen molar-refractivity contribution in [2.24, 2.45) is 5.73 Å². The fourth-order valence-electron chi connectivity index (χ4n) is 1.59. The third-order valence-electron chi connectivity index (χ3n) is 2.57. The Balaban J connectivity index is 3.01. The van der Waals surface area contributed by atoms with Crippen LogP contribution in [0.5, 0.6) is 5.75 Å². The van der Waals surface area contributed by atoms with Gasteiger partial charge in [-0.1, -0.05) is 24.6 Å². The lowest BCUT2D eigenvalue weighted by Gasteiger charge is -2.18. The van der Waals surface area contributed by atoms with Crippen LogP contribution in [0.15, 0.2) is 18.2 Å². The van der Waals surface area contributed by atoms with Crippen molar-refractivity contribution in [1.82, 2.24) is 0 Å². The van der Waals surface area contributed by atoms with Gasteiger partial charge in [-0.05, 0) is 26.3 Å². The number of hydrogen-bond donors (Lipinski definition) is 2. The maximum atomic E-state index is 10.9. The van der Waals surface area contributed by atoms with Crippen molar-refractivity contribution >= 4 is 5.97 Å². The van der Waals surface area contributed by atoms with Gasteiger partial charge in [0, 0.05) is 11.6 Å². The molecule has 2 atom stereocenters. The van der Waals surface area contributed by atoms with E-state index < -0.39 is 12.1 Å². The van der Waals surface area contributed by atoms with E-state index in [1.165, 1.54) is 0 Å². The lowest BCUT2D eigenvalue weighted by Crippen LogP contribution is -2.26. The molecule has 0 aliphatic heterocycles. The number of hydrogen-bond acceptors (Lipinski definition) is 3. The number of carboxylic acid groups (broad SMARTS) is 1. The molecule has 1 unspecified atom stereocenters. The fourth-order valence-corrected chi connectivity index (χ4v) is 1.59. The molecule has 17 heavy (non-hydrogen) atoms. The maximum absolute atomic E-state index is 10.9. The van der Waals surface area contributed by atoms with Crippen LogP contribution in [0, 0.1) is 6.92 Å². The first-order valence-electron chi connectivity index (χ1n) is 5.71. The van der Waals surface area contributed by atoms with Gasteiger partial charge in [0.15, 0.2) is 6.10 Å². The lowest BCUT2D eigenvalue weighted by molar-refractivity contribution is -0.145. The fraction of sp³-hybridized carbons (Fsp3) is 0.462. The van der Waals surface area contributed by atoms with Crippen molar-refractivity contribution in [2.75, 3.05) is 0 Å². The molecule has 4 heteroatoms. The normalized spacial score (nSPS) is 14.1. The molecule has 1 aromatic rings. The molecular formula is C13H19NO3. The summed E-state index contributed by atoms with van der Waals surface area (Å²) in [5.41, 5.74) is 7.76. The second kappa shape index (κ2) is 5.68. The van der Waals surface area contributed by atoms with Crippen LogP contribution in [0.25, 0.3) is 0 Å². The van der Waals surface area contributed by atoms with Crippen LogP contribution in [0.3, 0.4) is 0 Å². The Labute approximate surface area is 101 Å². The summed E-state index contributed by atoms with van der Waals surface area (Å²) >= 11 is 0. The minimum Gasteiger partial charge on any atom is -0.479 e. The van der Waals surface area contributed by atoms with Crippen LogP contribution >= 0.6 is 0 Å². The van der Waals surface area contributed by atoms with E-state index in [0.717, 1.165) is 11.1 Å². The Kier molecular flexibility index (Phi) is 4.52. The monoisotopic (exact) mass is 237 g/mol. The van der Waals surface area contributed by atoms with Crippen molar-refractivity contribution in [1.29, 1.82) is 0 Å². The zero-order valence-electron chi connectivity index (χ0n) is 10.4. The molecule has 94 valence electrons. The molecular weight excluding hydrogens is 218 g/mol. The summed E-state index contributed by atoms with van der Waals surface area (Å²) in [5.74, 6) is -0.399. The third kappa shape index (κ3) is 3.46. The van der Waals surface area contributed by atoms with E-state index in [2.05, 4.69) is 0 Å². The molecule has 0 fully saturated rings. The molecule has 0 heterocycles. The Hall–Kier alpha value is -1.55. The molecule has 0 amide bonds. The van der Waals surface area contributed by atoms with Gasteiger partial charge in [-0.2, -0.15) is 0 Å². The molecule has 3 N–H and O–H groups in total. The lowest BCUT2D eigenvalue weighted by atomic mass is 10.0. The first-order valence-corrected chi connectivity index (χ1v) is 5.71. The van der Waals surface area contributed by atoms with Gasteiger partial charge in [-0.3, -0.25) is 0 Å². The second-order valence-electron chi connectivity index (χ2n) is 4.18. The van der Waals surface area contributed by atoms with E-state index in [4.69, 9.17) is 15.6 Å². The highest BCUT2D eigenvalue weighted by molar-refractivity contribution is 5.72. The quantitative estimate of drug-likeness (QED) is 0.823.